The highest BCUT2D eigenvalue weighted by molar-refractivity contribution is 7.47. The molecule has 0 heterocycles. The third kappa shape index (κ3) is 53.7. The van der Waals surface area contributed by atoms with Gasteiger partial charge >= 0.3 is 7.82 Å². The molecule has 0 aliphatic rings. The molecule has 0 fully saturated rings. The van der Waals surface area contributed by atoms with E-state index < -0.39 is 20.0 Å². The number of phosphoric acid groups is 1. The van der Waals surface area contributed by atoms with Crippen molar-refractivity contribution in [3.05, 3.63) is 72.9 Å². The zero-order valence-electron chi connectivity index (χ0n) is 46.5. The Kier molecular flexibility index (Phi) is 50.3. The Balaban J connectivity index is 4.27. The van der Waals surface area contributed by atoms with Crippen molar-refractivity contribution in [1.29, 1.82) is 0 Å². The van der Waals surface area contributed by atoms with E-state index in [1.54, 1.807) is 6.08 Å². The lowest BCUT2D eigenvalue weighted by Crippen LogP contribution is -2.45. The molecular formula is C61H114N2O6P+. The normalized spacial score (nSPS) is 14.4. The highest BCUT2D eigenvalue weighted by Crippen LogP contribution is 2.43. The van der Waals surface area contributed by atoms with Gasteiger partial charge in [-0.15, -0.1) is 0 Å². The Labute approximate surface area is 434 Å². The summed E-state index contributed by atoms with van der Waals surface area (Å²) in [5, 5.41) is 13.9. The molecule has 0 spiro atoms. The lowest BCUT2D eigenvalue weighted by Gasteiger charge is -2.25. The van der Waals surface area contributed by atoms with Gasteiger partial charge in [-0.1, -0.05) is 241 Å². The smallest absolute Gasteiger partial charge is 0.387 e. The predicted molar refractivity (Wildman–Crippen MR) is 304 cm³/mol. The van der Waals surface area contributed by atoms with Crippen LogP contribution < -0.4 is 5.32 Å². The van der Waals surface area contributed by atoms with Crippen molar-refractivity contribution in [2.75, 3.05) is 40.9 Å². The second kappa shape index (κ2) is 51.8. The number of nitrogens with one attached hydrogen (secondary N) is 1. The van der Waals surface area contributed by atoms with Crippen LogP contribution in [0.3, 0.4) is 0 Å². The fraction of sp³-hybridized carbons (Fsp3) is 0.787. The van der Waals surface area contributed by atoms with Crippen LogP contribution in [0.1, 0.15) is 258 Å². The Bertz CT molecular complexity index is 1370. The van der Waals surface area contributed by atoms with Crippen molar-refractivity contribution in [2.45, 2.75) is 270 Å². The molecule has 0 saturated heterocycles. The third-order valence-electron chi connectivity index (χ3n) is 12.9. The SMILES string of the molecule is CCCCCCC/C=C\C/C=C\C/C=C\CCCCCCCCCCCCCCC(=O)NC(COP(=O)(O)OCC[N+](C)(C)C)C(O)/C=C/CC/C=C/CC/C=C/CCCCCCCCCCCCC. The van der Waals surface area contributed by atoms with Crippen LogP contribution in [0.5, 0.6) is 0 Å². The number of carbonyl (C=O) groups excluding carboxylic acids is 1. The van der Waals surface area contributed by atoms with E-state index in [2.05, 4.69) is 79.9 Å². The molecule has 0 aromatic heterocycles. The van der Waals surface area contributed by atoms with Gasteiger partial charge in [0.1, 0.15) is 13.2 Å². The van der Waals surface area contributed by atoms with Gasteiger partial charge in [-0.25, -0.2) is 4.57 Å². The first kappa shape index (κ1) is 67.9. The van der Waals surface area contributed by atoms with Gasteiger partial charge in [-0.2, -0.15) is 0 Å². The van der Waals surface area contributed by atoms with E-state index in [1.165, 1.54) is 180 Å². The number of hydrogen-bond acceptors (Lipinski definition) is 5. The van der Waals surface area contributed by atoms with Gasteiger partial charge in [-0.05, 0) is 83.5 Å². The maximum atomic E-state index is 13.0. The van der Waals surface area contributed by atoms with E-state index in [4.69, 9.17) is 9.05 Å². The summed E-state index contributed by atoms with van der Waals surface area (Å²) in [6.45, 7) is 4.79. The van der Waals surface area contributed by atoms with Crippen molar-refractivity contribution in [3.8, 4) is 0 Å². The number of aliphatic hydroxyl groups excluding tert-OH is 1. The predicted octanol–water partition coefficient (Wildman–Crippen LogP) is 17.9. The molecule has 3 unspecified atom stereocenters. The average molecular weight is 1000 g/mol. The van der Waals surface area contributed by atoms with Crippen LogP contribution in [0.4, 0.5) is 0 Å². The maximum absolute atomic E-state index is 13.0. The summed E-state index contributed by atoms with van der Waals surface area (Å²) in [5.74, 6) is -0.193. The molecule has 8 nitrogen and oxygen atoms in total. The van der Waals surface area contributed by atoms with E-state index in [0.717, 1.165) is 57.8 Å². The van der Waals surface area contributed by atoms with E-state index >= 15 is 0 Å². The molecule has 0 aliphatic heterocycles. The van der Waals surface area contributed by atoms with Crippen LogP contribution >= 0.6 is 7.82 Å². The number of aliphatic hydroxyl groups is 1. The number of likely N-dealkylation sites (N-methyl/N-ethyl adjacent to an activating group) is 1. The molecule has 70 heavy (non-hydrogen) atoms. The molecule has 0 rings (SSSR count). The number of hydrogen-bond donors (Lipinski definition) is 3. The number of rotatable bonds is 53. The summed E-state index contributed by atoms with van der Waals surface area (Å²) in [6.07, 6.45) is 71.5. The molecule has 9 heteroatoms. The monoisotopic (exact) mass is 1000 g/mol. The van der Waals surface area contributed by atoms with Crippen molar-refractivity contribution < 1.29 is 32.9 Å². The largest absolute Gasteiger partial charge is 0.472 e. The number of unbranched alkanes of at least 4 members (excludes halogenated alkanes) is 30. The van der Waals surface area contributed by atoms with Crippen molar-refractivity contribution >= 4 is 13.7 Å². The summed E-state index contributed by atoms with van der Waals surface area (Å²) in [7, 11) is 1.54. The van der Waals surface area contributed by atoms with Gasteiger partial charge in [0.2, 0.25) is 5.91 Å². The van der Waals surface area contributed by atoms with Crippen molar-refractivity contribution in [3.63, 3.8) is 0 Å². The molecule has 0 aliphatic carbocycles. The first-order chi connectivity index (χ1) is 34.0. The number of nitrogens with zero attached hydrogens (tertiary/aromatic N) is 1. The van der Waals surface area contributed by atoms with Gasteiger partial charge in [0.15, 0.2) is 0 Å². The van der Waals surface area contributed by atoms with E-state index in [1.807, 2.05) is 27.2 Å². The Hall–Kier alpha value is -2.06. The quantitative estimate of drug-likeness (QED) is 0.0243. The number of amides is 1. The topological polar surface area (TPSA) is 105 Å². The summed E-state index contributed by atoms with van der Waals surface area (Å²) >= 11 is 0. The number of allylic oxidation sites excluding steroid dienone is 11. The summed E-state index contributed by atoms with van der Waals surface area (Å²) in [6, 6.07) is -0.875. The fourth-order valence-electron chi connectivity index (χ4n) is 8.26. The van der Waals surface area contributed by atoms with Crippen LogP contribution in [-0.4, -0.2) is 73.4 Å². The van der Waals surface area contributed by atoms with Gasteiger partial charge in [0, 0.05) is 6.42 Å². The highest BCUT2D eigenvalue weighted by atomic mass is 31.2. The zero-order chi connectivity index (χ0) is 51.3. The Morgan fingerprint density at radius 3 is 1.24 bits per heavy atom. The second-order valence-electron chi connectivity index (χ2n) is 21.0. The molecule has 3 atom stereocenters. The second-order valence-corrected chi connectivity index (χ2v) is 22.4. The van der Waals surface area contributed by atoms with Crippen LogP contribution in [0.15, 0.2) is 72.9 Å². The highest BCUT2D eigenvalue weighted by Gasteiger charge is 2.27. The molecule has 0 saturated carbocycles. The van der Waals surface area contributed by atoms with Crippen molar-refractivity contribution in [1.82, 2.24) is 5.32 Å². The number of carbonyl (C=O) groups is 1. The summed E-state index contributed by atoms with van der Waals surface area (Å²) in [4.78, 5) is 23.3. The molecule has 408 valence electrons. The van der Waals surface area contributed by atoms with Crippen molar-refractivity contribution in [2.24, 2.45) is 0 Å². The molecule has 0 aromatic rings. The number of quaternary nitrogens is 1. The maximum Gasteiger partial charge on any atom is 0.472 e. The minimum atomic E-state index is -4.36. The first-order valence-electron chi connectivity index (χ1n) is 29.3. The lowest BCUT2D eigenvalue weighted by atomic mass is 10.0. The lowest BCUT2D eigenvalue weighted by molar-refractivity contribution is -0.870. The minimum absolute atomic E-state index is 0.0508. The molecule has 3 N–H and O–H groups in total. The first-order valence-corrected chi connectivity index (χ1v) is 30.8. The molecule has 0 bridgehead atoms. The van der Waals surface area contributed by atoms with Crippen LogP contribution in [0.25, 0.3) is 0 Å². The van der Waals surface area contributed by atoms with Gasteiger partial charge in [0.25, 0.3) is 0 Å². The average Bonchev–Trinajstić information content (AvgIpc) is 3.32. The molecule has 0 radical (unpaired) electrons. The zero-order valence-corrected chi connectivity index (χ0v) is 47.4. The van der Waals surface area contributed by atoms with Gasteiger partial charge in [0.05, 0.1) is 39.9 Å². The van der Waals surface area contributed by atoms with Gasteiger partial charge in [-0.3, -0.25) is 13.8 Å². The Morgan fingerprint density at radius 2 is 0.829 bits per heavy atom. The minimum Gasteiger partial charge on any atom is -0.387 e. The van der Waals surface area contributed by atoms with E-state index in [0.29, 0.717) is 17.4 Å². The van der Waals surface area contributed by atoms with Crippen LogP contribution in [-0.2, 0) is 18.4 Å². The van der Waals surface area contributed by atoms with Gasteiger partial charge < -0.3 is 19.8 Å². The molecular weight excluding hydrogens is 888 g/mol. The summed E-state index contributed by atoms with van der Waals surface area (Å²) in [5.41, 5.74) is 0. The Morgan fingerprint density at radius 1 is 0.486 bits per heavy atom. The van der Waals surface area contributed by atoms with E-state index in [-0.39, 0.29) is 19.1 Å². The van der Waals surface area contributed by atoms with Crippen LogP contribution in [0, 0.1) is 0 Å². The fourth-order valence-corrected chi connectivity index (χ4v) is 8.99. The molecule has 1 amide bonds. The summed E-state index contributed by atoms with van der Waals surface area (Å²) < 4.78 is 23.7. The standard InChI is InChI=1S/C61H113N2O6P/c1-6-8-10-12-14-16-18-20-22-24-26-28-29-30-31-32-33-35-37-39-41-43-45-47-49-51-53-55-61(65)62-59(58-69-70(66,67)68-57-56-63(3,4)5)60(64)54-52-50-48-46-44-42-40-38-36-34-27-25-23-21-19-17-15-13-11-9-7-2/h18,20,24,26,29-30,36,38,44,46,52,54,59-60,64H,6-17,19,21-23,25,27-28,31-35,37,39-43,45,47-51,53,55-58H2,1-5H3,(H-,62,65,66,67)/p+1/b20-18-,26-24-,30-29-,38-36+,46-44+,54-52+. The van der Waals surface area contributed by atoms with E-state index in [9.17, 15) is 19.4 Å². The van der Waals surface area contributed by atoms with Crippen LogP contribution in [0.2, 0.25) is 0 Å². The number of phosphoric ester groups is 1. The molecule has 0 aromatic carbocycles. The third-order valence-corrected chi connectivity index (χ3v) is 13.9.